The van der Waals surface area contributed by atoms with Crippen LogP contribution in [0, 0.1) is 5.92 Å². The molecule has 0 saturated carbocycles. The van der Waals surface area contributed by atoms with E-state index in [1.54, 1.807) is 0 Å². The molecule has 0 fully saturated rings. The molecule has 2 unspecified atom stereocenters. The van der Waals surface area contributed by atoms with Crippen LogP contribution in [0.3, 0.4) is 0 Å². The summed E-state index contributed by atoms with van der Waals surface area (Å²) < 4.78 is 11.1. The summed E-state index contributed by atoms with van der Waals surface area (Å²) in [5.74, 6) is 0.725. The van der Waals surface area contributed by atoms with Crippen molar-refractivity contribution in [3.05, 3.63) is 24.3 Å². The molecule has 0 radical (unpaired) electrons. The molecule has 48 heavy (non-hydrogen) atoms. The third kappa shape index (κ3) is 34.3. The molecule has 0 aromatic rings. The van der Waals surface area contributed by atoms with Crippen LogP contribution < -0.4 is 0 Å². The lowest BCUT2D eigenvalue weighted by molar-refractivity contribution is -0.147. The topological polar surface area (TPSA) is 55.8 Å². The molecule has 0 aliphatic carbocycles. The van der Waals surface area contributed by atoms with E-state index in [9.17, 15) is 9.59 Å². The SMILES string of the molecule is CCCCCC/C=C\C(C)OC(=O)CCCCCCCC(CCCCCCCC(=O)OC(C)/C=C\CCCCCC)CCCCN(C)C. The number of rotatable bonds is 35. The van der Waals surface area contributed by atoms with E-state index in [2.05, 4.69) is 45.0 Å². The van der Waals surface area contributed by atoms with Crippen molar-refractivity contribution in [3.63, 3.8) is 0 Å². The maximum atomic E-state index is 12.2. The largest absolute Gasteiger partial charge is 0.458 e. The van der Waals surface area contributed by atoms with Crippen LogP contribution in [-0.2, 0) is 19.1 Å². The molecular weight excluding hydrogens is 594 g/mol. The number of hydrogen-bond acceptors (Lipinski definition) is 5. The molecule has 0 aliphatic heterocycles. The van der Waals surface area contributed by atoms with Crippen molar-refractivity contribution < 1.29 is 19.1 Å². The van der Waals surface area contributed by atoms with Gasteiger partial charge in [-0.25, -0.2) is 0 Å². The Bertz CT molecular complexity index is 721. The number of allylic oxidation sites excluding steroid dienone is 2. The molecule has 5 heteroatoms. The van der Waals surface area contributed by atoms with Gasteiger partial charge in [-0.3, -0.25) is 9.59 Å². The quantitative estimate of drug-likeness (QED) is 0.0380. The Morgan fingerprint density at radius 2 is 0.896 bits per heavy atom. The van der Waals surface area contributed by atoms with Crippen molar-refractivity contribution in [2.24, 2.45) is 5.92 Å². The molecule has 0 rings (SSSR count). The molecule has 0 saturated heterocycles. The van der Waals surface area contributed by atoms with Gasteiger partial charge in [-0.2, -0.15) is 0 Å². The summed E-state index contributed by atoms with van der Waals surface area (Å²) in [4.78, 5) is 26.7. The van der Waals surface area contributed by atoms with Crippen LogP contribution in [0.15, 0.2) is 24.3 Å². The molecule has 5 nitrogen and oxygen atoms in total. The summed E-state index contributed by atoms with van der Waals surface area (Å²) in [6, 6.07) is 0. The van der Waals surface area contributed by atoms with Gasteiger partial charge in [0.1, 0.15) is 12.2 Å². The van der Waals surface area contributed by atoms with E-state index in [0.29, 0.717) is 12.8 Å². The molecule has 0 spiro atoms. The van der Waals surface area contributed by atoms with E-state index in [0.717, 1.165) is 44.4 Å². The van der Waals surface area contributed by atoms with Gasteiger partial charge in [0.2, 0.25) is 0 Å². The molecule has 2 atom stereocenters. The second-order valence-corrected chi connectivity index (χ2v) is 14.7. The highest BCUT2D eigenvalue weighted by Crippen LogP contribution is 2.24. The first-order valence-corrected chi connectivity index (χ1v) is 20.6. The first-order valence-electron chi connectivity index (χ1n) is 20.6. The zero-order valence-corrected chi connectivity index (χ0v) is 32.9. The Morgan fingerprint density at radius 1 is 0.521 bits per heavy atom. The van der Waals surface area contributed by atoms with Crippen LogP contribution in [0.2, 0.25) is 0 Å². The molecule has 0 aliphatic rings. The van der Waals surface area contributed by atoms with Gasteiger partial charge in [0.05, 0.1) is 0 Å². The number of ether oxygens (including phenoxy) is 2. The first kappa shape index (κ1) is 46.4. The Hall–Kier alpha value is -1.62. The van der Waals surface area contributed by atoms with Crippen LogP contribution in [0.25, 0.3) is 0 Å². The number of unbranched alkanes of at least 4 members (excludes halogenated alkanes) is 17. The molecule has 0 bridgehead atoms. The molecule has 0 N–H and O–H groups in total. The zero-order chi connectivity index (χ0) is 35.5. The third-order valence-electron chi connectivity index (χ3n) is 9.35. The van der Waals surface area contributed by atoms with Gasteiger partial charge in [0, 0.05) is 12.8 Å². The predicted octanol–water partition coefficient (Wildman–Crippen LogP) is 12.7. The lowest BCUT2D eigenvalue weighted by Crippen LogP contribution is -2.13. The Labute approximate surface area is 299 Å². The van der Waals surface area contributed by atoms with E-state index in [4.69, 9.17) is 9.47 Å². The highest BCUT2D eigenvalue weighted by Gasteiger charge is 2.11. The minimum Gasteiger partial charge on any atom is -0.458 e. The monoisotopic (exact) mass is 676 g/mol. The number of esters is 2. The average molecular weight is 676 g/mol. The summed E-state index contributed by atoms with van der Waals surface area (Å²) >= 11 is 0. The second kappa shape index (κ2) is 35.2. The van der Waals surface area contributed by atoms with Crippen LogP contribution >= 0.6 is 0 Å². The summed E-state index contributed by atoms with van der Waals surface area (Å²) in [5.41, 5.74) is 0. The summed E-state index contributed by atoms with van der Waals surface area (Å²) in [6.45, 7) is 9.57. The zero-order valence-electron chi connectivity index (χ0n) is 32.9. The van der Waals surface area contributed by atoms with E-state index < -0.39 is 0 Å². The van der Waals surface area contributed by atoms with E-state index in [-0.39, 0.29) is 24.1 Å². The summed E-state index contributed by atoms with van der Waals surface area (Å²) in [5, 5.41) is 0. The average Bonchev–Trinajstić information content (AvgIpc) is 3.04. The van der Waals surface area contributed by atoms with Gasteiger partial charge < -0.3 is 14.4 Å². The molecule has 0 amide bonds. The molecule has 0 aromatic carbocycles. The van der Waals surface area contributed by atoms with Crippen molar-refractivity contribution in [3.8, 4) is 0 Å². The second-order valence-electron chi connectivity index (χ2n) is 14.7. The van der Waals surface area contributed by atoms with E-state index >= 15 is 0 Å². The van der Waals surface area contributed by atoms with Gasteiger partial charge >= 0.3 is 11.9 Å². The van der Waals surface area contributed by atoms with Crippen molar-refractivity contribution in [1.82, 2.24) is 4.90 Å². The third-order valence-corrected chi connectivity index (χ3v) is 9.35. The lowest BCUT2D eigenvalue weighted by atomic mass is 9.90. The maximum Gasteiger partial charge on any atom is 0.306 e. The highest BCUT2D eigenvalue weighted by molar-refractivity contribution is 5.70. The van der Waals surface area contributed by atoms with Gasteiger partial charge in [0.25, 0.3) is 0 Å². The fourth-order valence-corrected chi connectivity index (χ4v) is 6.32. The fourth-order valence-electron chi connectivity index (χ4n) is 6.32. The van der Waals surface area contributed by atoms with Gasteiger partial charge in [0.15, 0.2) is 0 Å². The maximum absolute atomic E-state index is 12.2. The predicted molar refractivity (Wildman–Crippen MR) is 207 cm³/mol. The van der Waals surface area contributed by atoms with Crippen LogP contribution in [0.4, 0.5) is 0 Å². The number of hydrogen-bond donors (Lipinski definition) is 0. The Balaban J connectivity index is 4.07. The summed E-state index contributed by atoms with van der Waals surface area (Å²) in [7, 11) is 4.33. The lowest BCUT2D eigenvalue weighted by Gasteiger charge is -2.18. The van der Waals surface area contributed by atoms with E-state index in [1.165, 1.54) is 129 Å². The van der Waals surface area contributed by atoms with Gasteiger partial charge in [-0.1, -0.05) is 142 Å². The molecule has 0 heterocycles. The van der Waals surface area contributed by atoms with E-state index in [1.807, 2.05) is 26.0 Å². The first-order chi connectivity index (χ1) is 23.3. The van der Waals surface area contributed by atoms with Crippen molar-refractivity contribution >= 4 is 11.9 Å². The normalized spacial score (nSPS) is 13.8. The fraction of sp³-hybridized carbons (Fsp3) is 0.860. The smallest absolute Gasteiger partial charge is 0.306 e. The minimum atomic E-state index is -0.117. The number of nitrogens with zero attached hydrogens (tertiary/aromatic N) is 1. The van der Waals surface area contributed by atoms with Crippen LogP contribution in [0.5, 0.6) is 0 Å². The Morgan fingerprint density at radius 3 is 1.31 bits per heavy atom. The van der Waals surface area contributed by atoms with Crippen molar-refractivity contribution in [2.75, 3.05) is 20.6 Å². The number of carbonyl (C=O) groups excluding carboxylic acids is 2. The molecular formula is C43H81NO4. The van der Waals surface area contributed by atoms with Crippen LogP contribution in [-0.4, -0.2) is 49.7 Å². The molecule has 282 valence electrons. The van der Waals surface area contributed by atoms with Crippen LogP contribution in [0.1, 0.15) is 201 Å². The van der Waals surface area contributed by atoms with Gasteiger partial charge in [-0.05, 0) is 97.5 Å². The summed E-state index contributed by atoms with van der Waals surface area (Å²) in [6.07, 6.45) is 39.9. The minimum absolute atomic E-state index is 0.0540. The standard InChI is InChI=1S/C43H81NO4/c1-7-9-11-13-17-23-31-39(3)47-42(45)36-27-21-15-19-25-33-41(35-29-30-38-44(5)6)34-26-20-16-22-28-37-43(46)48-40(4)32-24-18-14-12-10-8-2/h23-24,31-32,39-41H,7-22,25-30,33-38H2,1-6H3/b31-23-,32-24-. The number of carbonyl (C=O) groups is 2. The van der Waals surface area contributed by atoms with Gasteiger partial charge in [-0.15, -0.1) is 0 Å². The highest BCUT2D eigenvalue weighted by atomic mass is 16.5. The van der Waals surface area contributed by atoms with Crippen molar-refractivity contribution in [2.45, 2.75) is 213 Å². The van der Waals surface area contributed by atoms with Crippen molar-refractivity contribution in [1.29, 1.82) is 0 Å². The Kier molecular flexibility index (Phi) is 34.0. The molecule has 0 aromatic heterocycles.